The van der Waals surface area contributed by atoms with Crippen molar-refractivity contribution < 1.29 is 14.7 Å². The maximum absolute atomic E-state index is 11.9. The first kappa shape index (κ1) is 16.0. The van der Waals surface area contributed by atoms with E-state index in [1.54, 1.807) is 12.1 Å². The molecule has 0 aliphatic heterocycles. The Morgan fingerprint density at radius 1 is 1.25 bits per heavy atom. The van der Waals surface area contributed by atoms with Crippen molar-refractivity contribution >= 4 is 11.8 Å². The smallest absolute Gasteiger partial charge is 0.255 e. The van der Waals surface area contributed by atoms with Gasteiger partial charge in [-0.25, -0.2) is 0 Å². The molecule has 0 bridgehead atoms. The Labute approximate surface area is 119 Å². The summed E-state index contributed by atoms with van der Waals surface area (Å²) in [4.78, 5) is 23.5. The minimum atomic E-state index is -0.380. The molecule has 0 saturated heterocycles. The van der Waals surface area contributed by atoms with Crippen LogP contribution in [0.3, 0.4) is 0 Å². The number of hydrogen-bond acceptors (Lipinski definition) is 3. The summed E-state index contributed by atoms with van der Waals surface area (Å²) >= 11 is 0. The average molecular weight is 278 g/mol. The van der Waals surface area contributed by atoms with E-state index in [0.29, 0.717) is 0 Å². The molecular formula is C15H22N2O3. The molecule has 5 heteroatoms. The lowest BCUT2D eigenvalue weighted by Crippen LogP contribution is -2.42. The van der Waals surface area contributed by atoms with E-state index in [4.69, 9.17) is 0 Å². The molecule has 0 aliphatic rings. The van der Waals surface area contributed by atoms with E-state index in [9.17, 15) is 14.7 Å². The Morgan fingerprint density at radius 2 is 1.90 bits per heavy atom. The lowest BCUT2D eigenvalue weighted by molar-refractivity contribution is -0.122. The molecular weight excluding hydrogens is 256 g/mol. The van der Waals surface area contributed by atoms with Gasteiger partial charge in [-0.15, -0.1) is 0 Å². The van der Waals surface area contributed by atoms with E-state index in [1.807, 2.05) is 27.7 Å². The van der Waals surface area contributed by atoms with E-state index in [0.717, 1.165) is 5.56 Å². The van der Waals surface area contributed by atoms with Gasteiger partial charge in [0, 0.05) is 18.5 Å². The Balaban J connectivity index is 2.48. The largest absolute Gasteiger partial charge is 0.507 e. The predicted molar refractivity (Wildman–Crippen MR) is 77.7 cm³/mol. The van der Waals surface area contributed by atoms with Crippen LogP contribution >= 0.6 is 0 Å². The van der Waals surface area contributed by atoms with Gasteiger partial charge in [0.1, 0.15) is 5.75 Å². The van der Waals surface area contributed by atoms with Crippen molar-refractivity contribution in [1.29, 1.82) is 0 Å². The number of amides is 2. The number of phenolic OH excluding ortho intramolecular Hbond substituents is 1. The third-order valence-electron chi connectivity index (χ3n) is 2.55. The summed E-state index contributed by atoms with van der Waals surface area (Å²) < 4.78 is 0. The third-order valence-corrected chi connectivity index (χ3v) is 2.55. The van der Waals surface area contributed by atoms with Crippen LogP contribution < -0.4 is 10.6 Å². The van der Waals surface area contributed by atoms with Gasteiger partial charge in [-0.1, -0.05) is 11.6 Å². The average Bonchev–Trinajstić information content (AvgIpc) is 2.29. The van der Waals surface area contributed by atoms with Crippen LogP contribution in [0.2, 0.25) is 0 Å². The third kappa shape index (κ3) is 5.30. The Bertz CT molecular complexity index is 504. The van der Waals surface area contributed by atoms with Crippen LogP contribution in [0.5, 0.6) is 5.75 Å². The molecule has 0 unspecified atom stereocenters. The number of nitrogens with one attached hydrogen (secondary N) is 2. The minimum Gasteiger partial charge on any atom is -0.507 e. The molecule has 0 saturated carbocycles. The number of carbonyl (C=O) groups excluding carboxylic acids is 2. The summed E-state index contributed by atoms with van der Waals surface area (Å²) in [7, 11) is 0. The summed E-state index contributed by atoms with van der Waals surface area (Å²) in [6.45, 7) is 7.76. The summed E-state index contributed by atoms with van der Waals surface area (Å²) in [5.74, 6) is -0.562. The normalized spacial score (nSPS) is 11.0. The highest BCUT2D eigenvalue weighted by atomic mass is 16.3. The minimum absolute atomic E-state index is 0.0627. The van der Waals surface area contributed by atoms with E-state index in [1.165, 1.54) is 6.07 Å². The lowest BCUT2D eigenvalue weighted by atomic mass is 10.1. The topological polar surface area (TPSA) is 78.4 Å². The van der Waals surface area contributed by atoms with Crippen LogP contribution in [0.1, 0.15) is 43.1 Å². The molecule has 0 atom stereocenters. The van der Waals surface area contributed by atoms with Crippen LogP contribution in [0.4, 0.5) is 0 Å². The van der Waals surface area contributed by atoms with Gasteiger partial charge in [0.2, 0.25) is 5.91 Å². The standard InChI is InChI=1S/C15H22N2O3/c1-10-5-6-12(18)11(9-10)14(20)16-8-7-13(19)17-15(2,3)4/h5-6,9,18H,7-8H2,1-4H3,(H,16,20)(H,17,19). The number of phenols is 1. The number of hydrogen-bond donors (Lipinski definition) is 3. The molecule has 110 valence electrons. The Hall–Kier alpha value is -2.04. The zero-order chi connectivity index (χ0) is 15.3. The SMILES string of the molecule is Cc1ccc(O)c(C(=O)NCCC(=O)NC(C)(C)C)c1. The second-order valence-electron chi connectivity index (χ2n) is 5.82. The van der Waals surface area contributed by atoms with Gasteiger partial charge in [-0.3, -0.25) is 9.59 Å². The highest BCUT2D eigenvalue weighted by molar-refractivity contribution is 5.97. The fourth-order valence-corrected chi connectivity index (χ4v) is 1.70. The fourth-order valence-electron chi connectivity index (χ4n) is 1.70. The van der Waals surface area contributed by atoms with E-state index < -0.39 is 0 Å². The molecule has 0 radical (unpaired) electrons. The first-order chi connectivity index (χ1) is 9.19. The molecule has 2 amide bonds. The van der Waals surface area contributed by atoms with Crippen LogP contribution in [0.25, 0.3) is 0 Å². The number of carbonyl (C=O) groups is 2. The fraction of sp³-hybridized carbons (Fsp3) is 0.467. The first-order valence-corrected chi connectivity index (χ1v) is 6.58. The van der Waals surface area contributed by atoms with Crippen molar-refractivity contribution in [2.24, 2.45) is 0 Å². The van der Waals surface area contributed by atoms with Gasteiger partial charge < -0.3 is 15.7 Å². The molecule has 20 heavy (non-hydrogen) atoms. The second kappa shape index (κ2) is 6.41. The van der Waals surface area contributed by atoms with Gasteiger partial charge >= 0.3 is 0 Å². The van der Waals surface area contributed by atoms with Crippen LogP contribution in [0.15, 0.2) is 18.2 Å². The first-order valence-electron chi connectivity index (χ1n) is 6.58. The Morgan fingerprint density at radius 3 is 2.50 bits per heavy atom. The van der Waals surface area contributed by atoms with Crippen LogP contribution in [-0.4, -0.2) is 29.0 Å². The molecule has 1 aromatic carbocycles. The van der Waals surface area contributed by atoms with Gasteiger partial charge in [0.15, 0.2) is 0 Å². The second-order valence-corrected chi connectivity index (χ2v) is 5.82. The summed E-state index contributed by atoms with van der Waals surface area (Å²) in [6, 6.07) is 4.82. The van der Waals surface area contributed by atoms with Crippen molar-refractivity contribution in [2.75, 3.05) is 6.54 Å². The van der Waals surface area contributed by atoms with Crippen molar-refractivity contribution in [2.45, 2.75) is 39.7 Å². The molecule has 3 N–H and O–H groups in total. The molecule has 0 fully saturated rings. The van der Waals surface area contributed by atoms with Crippen molar-refractivity contribution in [3.63, 3.8) is 0 Å². The van der Waals surface area contributed by atoms with Crippen molar-refractivity contribution in [3.8, 4) is 5.75 Å². The van der Waals surface area contributed by atoms with Gasteiger partial charge in [-0.05, 0) is 39.8 Å². The van der Waals surface area contributed by atoms with Crippen molar-refractivity contribution in [1.82, 2.24) is 10.6 Å². The summed E-state index contributed by atoms with van der Waals surface area (Å²) in [5, 5.41) is 15.1. The summed E-state index contributed by atoms with van der Waals surface area (Å²) in [6.07, 6.45) is 0.204. The molecule has 1 rings (SSSR count). The zero-order valence-corrected chi connectivity index (χ0v) is 12.4. The maximum Gasteiger partial charge on any atom is 0.255 e. The molecule has 1 aromatic rings. The highest BCUT2D eigenvalue weighted by Crippen LogP contribution is 2.17. The number of benzene rings is 1. The molecule has 0 aromatic heterocycles. The van der Waals surface area contributed by atoms with Crippen LogP contribution in [0, 0.1) is 6.92 Å². The van der Waals surface area contributed by atoms with E-state index in [-0.39, 0.29) is 41.6 Å². The van der Waals surface area contributed by atoms with Crippen LogP contribution in [-0.2, 0) is 4.79 Å². The molecule has 0 spiro atoms. The quantitative estimate of drug-likeness (QED) is 0.785. The highest BCUT2D eigenvalue weighted by Gasteiger charge is 2.14. The van der Waals surface area contributed by atoms with Gasteiger partial charge in [0.25, 0.3) is 5.91 Å². The van der Waals surface area contributed by atoms with E-state index in [2.05, 4.69) is 10.6 Å². The van der Waals surface area contributed by atoms with Crippen molar-refractivity contribution in [3.05, 3.63) is 29.3 Å². The summed E-state index contributed by atoms with van der Waals surface area (Å²) in [5.41, 5.74) is 0.829. The number of aromatic hydroxyl groups is 1. The van der Waals surface area contributed by atoms with Gasteiger partial charge in [-0.2, -0.15) is 0 Å². The maximum atomic E-state index is 11.9. The number of aryl methyl sites for hydroxylation is 1. The predicted octanol–water partition coefficient (Wildman–Crippen LogP) is 1.74. The molecule has 5 nitrogen and oxygen atoms in total. The monoisotopic (exact) mass is 278 g/mol. The lowest BCUT2D eigenvalue weighted by Gasteiger charge is -2.20. The number of rotatable bonds is 4. The molecule has 0 heterocycles. The zero-order valence-electron chi connectivity index (χ0n) is 12.4. The Kier molecular flexibility index (Phi) is 5.13. The molecule has 0 aliphatic carbocycles. The van der Waals surface area contributed by atoms with Gasteiger partial charge in [0.05, 0.1) is 5.56 Å². The van der Waals surface area contributed by atoms with E-state index >= 15 is 0 Å².